The Morgan fingerprint density at radius 3 is 2.45 bits per heavy atom. The molecule has 1 saturated carbocycles. The van der Waals surface area contributed by atoms with Gasteiger partial charge in [-0.2, -0.15) is 0 Å². The molecule has 1 heterocycles. The summed E-state index contributed by atoms with van der Waals surface area (Å²) in [6.45, 7) is 6.37. The van der Waals surface area contributed by atoms with Crippen LogP contribution in [0.5, 0.6) is 0 Å². The van der Waals surface area contributed by atoms with Crippen LogP contribution in [0, 0.1) is 17.8 Å². The monoisotopic (exact) mass is 302 g/mol. The van der Waals surface area contributed by atoms with E-state index in [1.54, 1.807) is 0 Å². The molecule has 2 unspecified atom stereocenters. The van der Waals surface area contributed by atoms with Gasteiger partial charge in [-0.3, -0.25) is 4.79 Å². The first kappa shape index (κ1) is 17.8. The van der Waals surface area contributed by atoms with Crippen molar-refractivity contribution in [1.29, 1.82) is 0 Å². The summed E-state index contributed by atoms with van der Waals surface area (Å²) in [6, 6.07) is 0.361. The van der Waals surface area contributed by atoms with Gasteiger partial charge >= 0.3 is 0 Å². The summed E-state index contributed by atoms with van der Waals surface area (Å²) >= 11 is 0. The minimum absolute atomic E-state index is 0. The van der Waals surface area contributed by atoms with Crippen molar-refractivity contribution in [3.05, 3.63) is 0 Å². The Labute approximate surface area is 130 Å². The van der Waals surface area contributed by atoms with Gasteiger partial charge in [0.2, 0.25) is 5.91 Å². The van der Waals surface area contributed by atoms with Crippen LogP contribution in [0.1, 0.15) is 58.8 Å². The van der Waals surface area contributed by atoms with Crippen molar-refractivity contribution in [2.24, 2.45) is 17.8 Å². The lowest BCUT2D eigenvalue weighted by atomic mass is 9.79. The predicted octanol–water partition coefficient (Wildman–Crippen LogP) is 3.13. The quantitative estimate of drug-likeness (QED) is 0.819. The van der Waals surface area contributed by atoms with Crippen LogP contribution < -0.4 is 10.6 Å². The van der Waals surface area contributed by atoms with E-state index in [1.807, 2.05) is 0 Å². The third-order valence-corrected chi connectivity index (χ3v) is 4.86. The minimum Gasteiger partial charge on any atom is -0.352 e. The maximum absolute atomic E-state index is 12.5. The number of carbonyl (C=O) groups excluding carboxylic acids is 1. The van der Waals surface area contributed by atoms with Crippen molar-refractivity contribution in [2.75, 3.05) is 13.1 Å². The van der Waals surface area contributed by atoms with E-state index >= 15 is 0 Å². The zero-order valence-electron chi connectivity index (χ0n) is 13.0. The van der Waals surface area contributed by atoms with Gasteiger partial charge in [-0.1, -0.05) is 46.0 Å². The van der Waals surface area contributed by atoms with Crippen molar-refractivity contribution in [2.45, 2.75) is 64.8 Å². The molecule has 0 bridgehead atoms. The summed E-state index contributed by atoms with van der Waals surface area (Å²) < 4.78 is 0. The van der Waals surface area contributed by atoms with Crippen molar-refractivity contribution in [3.63, 3.8) is 0 Å². The summed E-state index contributed by atoms with van der Waals surface area (Å²) in [5.74, 6) is 1.75. The predicted molar refractivity (Wildman–Crippen MR) is 86.2 cm³/mol. The second-order valence-electron chi connectivity index (χ2n) is 6.79. The summed E-state index contributed by atoms with van der Waals surface area (Å²) in [5, 5.41) is 6.56. The first-order chi connectivity index (χ1) is 9.16. The van der Waals surface area contributed by atoms with E-state index in [4.69, 9.17) is 0 Å². The molecule has 2 N–H and O–H groups in total. The Balaban J connectivity index is 0.00000200. The highest BCUT2D eigenvalue weighted by Crippen LogP contribution is 2.31. The normalized spacial score (nSPS) is 25.2. The molecule has 4 heteroatoms. The molecule has 2 rings (SSSR count). The van der Waals surface area contributed by atoms with E-state index in [1.165, 1.54) is 32.1 Å². The van der Waals surface area contributed by atoms with Gasteiger partial charge in [0.1, 0.15) is 0 Å². The Hall–Kier alpha value is -0.280. The summed E-state index contributed by atoms with van der Waals surface area (Å²) in [4.78, 5) is 12.5. The van der Waals surface area contributed by atoms with E-state index < -0.39 is 0 Å². The topological polar surface area (TPSA) is 41.1 Å². The fourth-order valence-corrected chi connectivity index (χ4v) is 3.55. The van der Waals surface area contributed by atoms with Gasteiger partial charge in [-0.05, 0) is 31.2 Å². The van der Waals surface area contributed by atoms with E-state index in [9.17, 15) is 4.79 Å². The molecule has 1 saturated heterocycles. The Bertz CT molecular complexity index is 284. The van der Waals surface area contributed by atoms with Gasteiger partial charge in [0.05, 0.1) is 0 Å². The van der Waals surface area contributed by atoms with Crippen molar-refractivity contribution < 1.29 is 4.79 Å². The molecule has 1 aliphatic carbocycles. The van der Waals surface area contributed by atoms with E-state index in [2.05, 4.69) is 24.5 Å². The lowest BCUT2D eigenvalue weighted by Crippen LogP contribution is -2.42. The number of halogens is 1. The first-order valence-corrected chi connectivity index (χ1v) is 8.18. The fourth-order valence-electron chi connectivity index (χ4n) is 3.55. The molecule has 2 aliphatic rings. The van der Waals surface area contributed by atoms with Gasteiger partial charge in [0.25, 0.3) is 0 Å². The second-order valence-corrected chi connectivity index (χ2v) is 6.79. The Kier molecular flexibility index (Phi) is 7.90. The summed E-state index contributed by atoms with van der Waals surface area (Å²) in [7, 11) is 0. The highest BCUT2D eigenvalue weighted by molar-refractivity contribution is 5.85. The van der Waals surface area contributed by atoms with Gasteiger partial charge < -0.3 is 10.6 Å². The summed E-state index contributed by atoms with van der Waals surface area (Å²) in [6.07, 6.45) is 8.97. The van der Waals surface area contributed by atoms with Crippen molar-refractivity contribution in [3.8, 4) is 0 Å². The molecule has 118 valence electrons. The van der Waals surface area contributed by atoms with Crippen LogP contribution in [0.2, 0.25) is 0 Å². The molecular weight excluding hydrogens is 272 g/mol. The largest absolute Gasteiger partial charge is 0.352 e. The van der Waals surface area contributed by atoms with Gasteiger partial charge in [0.15, 0.2) is 0 Å². The molecule has 0 radical (unpaired) electrons. The molecule has 0 aromatic rings. The fraction of sp³-hybridized carbons (Fsp3) is 0.938. The number of nitrogens with one attached hydrogen (secondary N) is 2. The zero-order valence-corrected chi connectivity index (χ0v) is 13.8. The third-order valence-electron chi connectivity index (χ3n) is 4.86. The van der Waals surface area contributed by atoms with Gasteiger partial charge in [-0.25, -0.2) is 0 Å². The van der Waals surface area contributed by atoms with Crippen LogP contribution >= 0.6 is 12.4 Å². The number of rotatable bonds is 5. The molecule has 2 fully saturated rings. The molecule has 1 amide bonds. The van der Waals surface area contributed by atoms with Crippen LogP contribution in [0.3, 0.4) is 0 Å². The Morgan fingerprint density at radius 2 is 1.90 bits per heavy atom. The lowest BCUT2D eigenvalue weighted by molar-refractivity contribution is -0.127. The lowest BCUT2D eigenvalue weighted by Gasteiger charge is -2.29. The maximum atomic E-state index is 12.5. The molecular formula is C16H31ClN2O. The number of amides is 1. The Morgan fingerprint density at radius 1 is 1.20 bits per heavy atom. The van der Waals surface area contributed by atoms with Crippen LogP contribution in [-0.4, -0.2) is 25.0 Å². The van der Waals surface area contributed by atoms with Crippen LogP contribution in [-0.2, 0) is 4.79 Å². The van der Waals surface area contributed by atoms with Crippen LogP contribution in [0.15, 0.2) is 0 Å². The highest BCUT2D eigenvalue weighted by Gasteiger charge is 2.28. The van der Waals surface area contributed by atoms with Crippen molar-refractivity contribution in [1.82, 2.24) is 10.6 Å². The van der Waals surface area contributed by atoms with Gasteiger partial charge in [0, 0.05) is 18.5 Å². The molecule has 20 heavy (non-hydrogen) atoms. The molecule has 0 spiro atoms. The second kappa shape index (κ2) is 8.89. The minimum atomic E-state index is 0. The molecule has 0 aromatic heterocycles. The van der Waals surface area contributed by atoms with E-state index in [0.717, 1.165) is 31.8 Å². The molecule has 1 aliphatic heterocycles. The summed E-state index contributed by atoms with van der Waals surface area (Å²) in [5.41, 5.74) is 0. The zero-order chi connectivity index (χ0) is 13.7. The average Bonchev–Trinajstić information content (AvgIpc) is 2.89. The average molecular weight is 303 g/mol. The van der Waals surface area contributed by atoms with Crippen LogP contribution in [0.25, 0.3) is 0 Å². The smallest absolute Gasteiger partial charge is 0.223 e. The number of hydrogen-bond acceptors (Lipinski definition) is 2. The highest BCUT2D eigenvalue weighted by atomic mass is 35.5. The molecule has 0 aromatic carbocycles. The number of carbonyl (C=O) groups is 1. The molecule has 3 nitrogen and oxygen atoms in total. The molecule has 2 atom stereocenters. The van der Waals surface area contributed by atoms with E-state index in [-0.39, 0.29) is 18.3 Å². The van der Waals surface area contributed by atoms with Crippen LogP contribution in [0.4, 0.5) is 0 Å². The van der Waals surface area contributed by atoms with Crippen molar-refractivity contribution >= 4 is 18.3 Å². The standard InChI is InChI=1S/C16H30N2O.ClH/c1-12(2)15(10-13-6-4-3-5-7-13)16(19)18-14-8-9-17-11-14;/h12-15,17H,3-11H2,1-2H3,(H,18,19);1H. The van der Waals surface area contributed by atoms with Gasteiger partial charge in [-0.15, -0.1) is 12.4 Å². The maximum Gasteiger partial charge on any atom is 0.223 e. The SMILES string of the molecule is CC(C)C(CC1CCCCC1)C(=O)NC1CCNC1.Cl. The first-order valence-electron chi connectivity index (χ1n) is 8.18. The number of hydrogen-bond donors (Lipinski definition) is 2. The third kappa shape index (κ3) is 5.25. The van der Waals surface area contributed by atoms with E-state index in [0.29, 0.717) is 17.9 Å².